The van der Waals surface area contributed by atoms with Crippen LogP contribution in [0.25, 0.3) is 0 Å². The van der Waals surface area contributed by atoms with Crippen LogP contribution in [0.3, 0.4) is 0 Å². The number of carbonyl (C=O) groups is 1. The van der Waals surface area contributed by atoms with Gasteiger partial charge in [-0.2, -0.15) is 0 Å². The van der Waals surface area contributed by atoms with Crippen molar-refractivity contribution in [3.8, 4) is 0 Å². The Balaban J connectivity index is 2.04. The van der Waals surface area contributed by atoms with E-state index in [1.54, 1.807) is 12.1 Å². The molecule has 0 fully saturated rings. The minimum atomic E-state index is -0.470. The van der Waals surface area contributed by atoms with Gasteiger partial charge >= 0.3 is 0 Å². The van der Waals surface area contributed by atoms with Gasteiger partial charge in [0.05, 0.1) is 15.7 Å². The monoisotopic (exact) mass is 342 g/mol. The Labute approximate surface area is 136 Å². The maximum Gasteiger partial charge on any atom is 0.257 e. The number of para-hydroxylation sites is 1. The first-order chi connectivity index (χ1) is 9.97. The summed E-state index contributed by atoms with van der Waals surface area (Å²) in [4.78, 5) is 12.0. The third-order valence-corrected chi connectivity index (χ3v) is 3.47. The Morgan fingerprint density at radius 3 is 2.48 bits per heavy atom. The predicted octanol–water partition coefficient (Wildman–Crippen LogP) is 4.26. The van der Waals surface area contributed by atoms with Gasteiger partial charge in [0.15, 0.2) is 5.11 Å². The number of halogens is 3. The Morgan fingerprint density at radius 2 is 1.81 bits per heavy atom. The van der Waals surface area contributed by atoms with Crippen LogP contribution in [-0.2, 0) is 0 Å². The molecule has 0 radical (unpaired) electrons. The van der Waals surface area contributed by atoms with Crippen molar-refractivity contribution < 1.29 is 9.18 Å². The van der Waals surface area contributed by atoms with E-state index in [0.717, 1.165) is 0 Å². The van der Waals surface area contributed by atoms with Gasteiger partial charge in [-0.3, -0.25) is 10.1 Å². The molecule has 0 spiro atoms. The van der Waals surface area contributed by atoms with Crippen molar-refractivity contribution in [2.75, 3.05) is 5.32 Å². The average molecular weight is 343 g/mol. The molecule has 2 aromatic carbocycles. The summed E-state index contributed by atoms with van der Waals surface area (Å²) in [5.41, 5.74) is 0.471. The summed E-state index contributed by atoms with van der Waals surface area (Å²) >= 11 is 16.6. The molecular formula is C14H9Cl2FN2OS. The molecule has 0 saturated carbocycles. The van der Waals surface area contributed by atoms with Crippen molar-refractivity contribution in [3.05, 3.63) is 63.9 Å². The van der Waals surface area contributed by atoms with Crippen LogP contribution in [0.1, 0.15) is 10.4 Å². The number of nitrogens with one attached hydrogen (secondary N) is 2. The largest absolute Gasteiger partial charge is 0.330 e. The summed E-state index contributed by atoms with van der Waals surface area (Å²) in [6, 6.07) is 10.4. The number of carbonyl (C=O) groups excluding carboxylic acids is 1. The van der Waals surface area contributed by atoms with Crippen molar-refractivity contribution >= 4 is 52.1 Å². The van der Waals surface area contributed by atoms with Crippen LogP contribution in [0.4, 0.5) is 10.1 Å². The van der Waals surface area contributed by atoms with Crippen LogP contribution < -0.4 is 10.6 Å². The summed E-state index contributed by atoms with van der Waals surface area (Å²) in [6.45, 7) is 0. The maximum absolute atomic E-state index is 13.4. The third kappa shape index (κ3) is 4.14. The molecule has 7 heteroatoms. The first-order valence-electron chi connectivity index (χ1n) is 5.79. The second kappa shape index (κ2) is 6.85. The number of thiocarbonyl (C=S) groups is 1. The van der Waals surface area contributed by atoms with Gasteiger partial charge in [-0.25, -0.2) is 4.39 Å². The van der Waals surface area contributed by atoms with Crippen LogP contribution in [0.2, 0.25) is 10.0 Å². The van der Waals surface area contributed by atoms with Gasteiger partial charge in [0, 0.05) is 5.56 Å². The van der Waals surface area contributed by atoms with Crippen molar-refractivity contribution in [2.24, 2.45) is 0 Å². The molecule has 0 unspecified atom stereocenters. The first kappa shape index (κ1) is 15.7. The molecular weight excluding hydrogens is 334 g/mol. The first-order valence-corrected chi connectivity index (χ1v) is 6.95. The molecule has 3 nitrogen and oxygen atoms in total. The lowest BCUT2D eigenvalue weighted by Crippen LogP contribution is -2.34. The molecule has 0 aromatic heterocycles. The molecule has 0 aliphatic heterocycles. The number of benzene rings is 2. The second-order valence-corrected chi connectivity index (χ2v) is 5.24. The molecule has 0 aliphatic carbocycles. The normalized spacial score (nSPS) is 10.0. The summed E-state index contributed by atoms with van der Waals surface area (Å²) in [5.74, 6) is -0.939. The molecule has 0 aliphatic rings. The van der Waals surface area contributed by atoms with E-state index in [1.807, 2.05) is 0 Å². The molecule has 1 amide bonds. The highest BCUT2D eigenvalue weighted by Crippen LogP contribution is 2.22. The molecule has 2 N–H and O–H groups in total. The predicted molar refractivity (Wildman–Crippen MR) is 86.5 cm³/mol. The summed E-state index contributed by atoms with van der Waals surface area (Å²) in [6.07, 6.45) is 0. The molecule has 21 heavy (non-hydrogen) atoms. The fourth-order valence-electron chi connectivity index (χ4n) is 1.53. The standard InChI is InChI=1S/C14H9Cl2FN2OS/c15-9-6-5-8(7-10(9)16)13(20)19-14(21)18-12-4-2-1-3-11(12)17/h1-7H,(H2,18,19,20,21). The topological polar surface area (TPSA) is 41.1 Å². The fourth-order valence-corrected chi connectivity index (χ4v) is 2.03. The number of rotatable bonds is 2. The number of amides is 1. The van der Waals surface area contributed by atoms with Crippen LogP contribution >= 0.6 is 35.4 Å². The van der Waals surface area contributed by atoms with Crippen LogP contribution in [0.5, 0.6) is 0 Å². The van der Waals surface area contributed by atoms with Gasteiger partial charge in [0.2, 0.25) is 0 Å². The maximum atomic E-state index is 13.4. The van der Waals surface area contributed by atoms with Crippen molar-refractivity contribution in [1.82, 2.24) is 5.32 Å². The zero-order chi connectivity index (χ0) is 15.4. The Hall–Kier alpha value is -1.69. The van der Waals surface area contributed by atoms with E-state index in [9.17, 15) is 9.18 Å². The van der Waals surface area contributed by atoms with E-state index >= 15 is 0 Å². The minimum absolute atomic E-state index is 0.0174. The van der Waals surface area contributed by atoms with E-state index in [2.05, 4.69) is 10.6 Å². The molecule has 0 bridgehead atoms. The van der Waals surface area contributed by atoms with Gasteiger partial charge < -0.3 is 5.32 Å². The fraction of sp³-hybridized carbons (Fsp3) is 0. The smallest absolute Gasteiger partial charge is 0.257 e. The average Bonchev–Trinajstić information content (AvgIpc) is 2.44. The lowest BCUT2D eigenvalue weighted by molar-refractivity contribution is 0.0977. The molecule has 2 rings (SSSR count). The SMILES string of the molecule is O=C(NC(=S)Nc1ccccc1F)c1ccc(Cl)c(Cl)c1. The zero-order valence-electron chi connectivity index (χ0n) is 10.5. The summed E-state index contributed by atoms with van der Waals surface area (Å²) in [5, 5.41) is 5.63. The molecule has 0 heterocycles. The van der Waals surface area contributed by atoms with E-state index in [4.69, 9.17) is 35.4 Å². The van der Waals surface area contributed by atoms with Gasteiger partial charge in [0.25, 0.3) is 5.91 Å². The van der Waals surface area contributed by atoms with Crippen LogP contribution in [0.15, 0.2) is 42.5 Å². The highest BCUT2D eigenvalue weighted by molar-refractivity contribution is 7.80. The van der Waals surface area contributed by atoms with E-state index < -0.39 is 11.7 Å². The molecule has 0 saturated heterocycles. The number of hydrogen-bond acceptors (Lipinski definition) is 2. The van der Waals surface area contributed by atoms with E-state index in [0.29, 0.717) is 10.6 Å². The quantitative estimate of drug-likeness (QED) is 0.801. The highest BCUT2D eigenvalue weighted by atomic mass is 35.5. The van der Waals surface area contributed by atoms with Gasteiger partial charge in [-0.05, 0) is 42.5 Å². The summed E-state index contributed by atoms with van der Waals surface area (Å²) in [7, 11) is 0. The summed E-state index contributed by atoms with van der Waals surface area (Å²) < 4.78 is 13.4. The second-order valence-electron chi connectivity index (χ2n) is 4.02. The van der Waals surface area contributed by atoms with Crippen molar-refractivity contribution in [3.63, 3.8) is 0 Å². The third-order valence-electron chi connectivity index (χ3n) is 2.53. The van der Waals surface area contributed by atoms with Crippen LogP contribution in [0, 0.1) is 5.82 Å². The Morgan fingerprint density at radius 1 is 1.10 bits per heavy atom. The number of hydrogen-bond donors (Lipinski definition) is 2. The zero-order valence-corrected chi connectivity index (χ0v) is 12.8. The number of anilines is 1. The Kier molecular flexibility index (Phi) is 5.12. The lowest BCUT2D eigenvalue weighted by Gasteiger charge is -2.10. The highest BCUT2D eigenvalue weighted by Gasteiger charge is 2.11. The van der Waals surface area contributed by atoms with Crippen molar-refractivity contribution in [1.29, 1.82) is 0 Å². The van der Waals surface area contributed by atoms with Gasteiger partial charge in [-0.1, -0.05) is 35.3 Å². The molecule has 0 atom stereocenters. The molecule has 108 valence electrons. The Bertz CT molecular complexity index is 709. The van der Waals surface area contributed by atoms with Gasteiger partial charge in [-0.15, -0.1) is 0 Å². The lowest BCUT2D eigenvalue weighted by atomic mass is 10.2. The van der Waals surface area contributed by atoms with Crippen molar-refractivity contribution in [2.45, 2.75) is 0 Å². The molecule has 2 aromatic rings. The van der Waals surface area contributed by atoms with E-state index in [1.165, 1.54) is 30.3 Å². The minimum Gasteiger partial charge on any atom is -0.330 e. The van der Waals surface area contributed by atoms with Crippen LogP contribution in [-0.4, -0.2) is 11.0 Å². The van der Waals surface area contributed by atoms with Gasteiger partial charge in [0.1, 0.15) is 5.82 Å². The van der Waals surface area contributed by atoms with E-state index in [-0.39, 0.29) is 15.8 Å².